The summed E-state index contributed by atoms with van der Waals surface area (Å²) in [5, 5.41) is 8.60. The average Bonchev–Trinajstić information content (AvgIpc) is 3.28. The highest BCUT2D eigenvalue weighted by molar-refractivity contribution is 6.06. The third-order valence-electron chi connectivity index (χ3n) is 6.36. The number of aromatic nitrogens is 3. The molecule has 3 heterocycles. The van der Waals surface area contributed by atoms with Gasteiger partial charge in [-0.15, -0.1) is 0 Å². The van der Waals surface area contributed by atoms with Crippen LogP contribution < -0.4 is 11.1 Å². The number of nitrogens with two attached hydrogens (primary N) is 1. The van der Waals surface area contributed by atoms with E-state index in [2.05, 4.69) is 48.3 Å². The van der Waals surface area contributed by atoms with Crippen LogP contribution in [0.1, 0.15) is 48.7 Å². The molecular weight excluding hydrogens is 428 g/mol. The lowest BCUT2D eigenvalue weighted by Crippen LogP contribution is -2.32. The van der Waals surface area contributed by atoms with E-state index in [4.69, 9.17) is 15.5 Å². The maximum Gasteiger partial charge on any atom is 0.252 e. The highest BCUT2D eigenvalue weighted by atomic mass is 16.5. The number of ether oxygens (including phenoxy) is 1. The van der Waals surface area contributed by atoms with Gasteiger partial charge in [0.2, 0.25) is 0 Å². The van der Waals surface area contributed by atoms with Crippen LogP contribution in [0, 0.1) is 5.92 Å². The second kappa shape index (κ2) is 11.1. The van der Waals surface area contributed by atoms with Crippen LogP contribution in [0.15, 0.2) is 36.5 Å². The van der Waals surface area contributed by atoms with E-state index in [1.165, 1.54) is 5.56 Å². The Kier molecular flexibility index (Phi) is 7.92. The minimum Gasteiger partial charge on any atom is -0.381 e. The first-order chi connectivity index (χ1) is 16.4. The van der Waals surface area contributed by atoms with Gasteiger partial charge >= 0.3 is 0 Å². The number of hydrogen-bond acceptors (Lipinski definition) is 6. The zero-order valence-corrected chi connectivity index (χ0v) is 20.5. The first-order valence-electron chi connectivity index (χ1n) is 12.2. The van der Waals surface area contributed by atoms with Crippen LogP contribution in [0.5, 0.6) is 0 Å². The summed E-state index contributed by atoms with van der Waals surface area (Å²) < 4.78 is 7.31. The van der Waals surface area contributed by atoms with Crippen molar-refractivity contribution in [1.29, 1.82) is 0 Å². The zero-order valence-electron chi connectivity index (χ0n) is 20.5. The minimum absolute atomic E-state index is 0.0812. The molecule has 0 unspecified atom stereocenters. The first-order valence-corrected chi connectivity index (χ1v) is 12.2. The number of benzene rings is 1. The van der Waals surface area contributed by atoms with Gasteiger partial charge in [-0.2, -0.15) is 5.10 Å². The van der Waals surface area contributed by atoms with E-state index in [-0.39, 0.29) is 11.9 Å². The van der Waals surface area contributed by atoms with Crippen molar-refractivity contribution in [1.82, 2.24) is 25.0 Å². The van der Waals surface area contributed by atoms with Crippen LogP contribution >= 0.6 is 0 Å². The topological polar surface area (TPSA) is 98.3 Å². The van der Waals surface area contributed by atoms with Crippen LogP contribution in [0.25, 0.3) is 22.3 Å². The zero-order chi connectivity index (χ0) is 24.1. The Hall–Kier alpha value is -2.81. The number of nitrogens with zero attached hydrogens (tertiary/aromatic N) is 4. The predicted octanol–water partition coefficient (Wildman–Crippen LogP) is 3.23. The standard InChI is InChI=1S/C26H36N6O2/c1-18(2)32-17-23-22(26(33)28-15-19-7-11-34-12-8-19)14-24(29-25(23)30-32)21-6-4-5-20(13-21)16-31(3)10-9-27/h4-6,13-14,17-19H,7-12,15-16,27H2,1-3H3,(H,28,33). The highest BCUT2D eigenvalue weighted by Crippen LogP contribution is 2.26. The summed E-state index contributed by atoms with van der Waals surface area (Å²) in [4.78, 5) is 20.3. The fraction of sp³-hybridized carbons (Fsp3) is 0.500. The number of nitrogens with one attached hydrogen (secondary N) is 1. The van der Waals surface area contributed by atoms with E-state index < -0.39 is 0 Å². The summed E-state index contributed by atoms with van der Waals surface area (Å²) in [6.45, 7) is 8.58. The van der Waals surface area contributed by atoms with Gasteiger partial charge in [-0.1, -0.05) is 18.2 Å². The smallest absolute Gasteiger partial charge is 0.252 e. The monoisotopic (exact) mass is 464 g/mol. The molecule has 1 aromatic carbocycles. The molecule has 1 fully saturated rings. The van der Waals surface area contributed by atoms with Gasteiger partial charge in [0.05, 0.1) is 16.6 Å². The van der Waals surface area contributed by atoms with Gasteiger partial charge < -0.3 is 20.7 Å². The third kappa shape index (κ3) is 5.81. The molecule has 8 nitrogen and oxygen atoms in total. The molecule has 2 aromatic heterocycles. The van der Waals surface area contributed by atoms with E-state index >= 15 is 0 Å². The lowest BCUT2D eigenvalue weighted by molar-refractivity contribution is 0.0643. The summed E-state index contributed by atoms with van der Waals surface area (Å²) in [6, 6.07) is 10.4. The summed E-state index contributed by atoms with van der Waals surface area (Å²) in [7, 11) is 2.06. The van der Waals surface area contributed by atoms with Gasteiger partial charge in [0.25, 0.3) is 5.91 Å². The number of likely N-dealkylation sites (N-methyl/N-ethyl adjacent to an activating group) is 1. The maximum atomic E-state index is 13.3. The van der Waals surface area contributed by atoms with Gasteiger partial charge in [-0.05, 0) is 57.4 Å². The number of amides is 1. The van der Waals surface area contributed by atoms with Gasteiger partial charge in [-0.25, -0.2) is 4.98 Å². The van der Waals surface area contributed by atoms with Crippen molar-refractivity contribution in [2.75, 3.05) is 39.9 Å². The van der Waals surface area contributed by atoms with Crippen LogP contribution in [0.3, 0.4) is 0 Å². The van der Waals surface area contributed by atoms with Crippen molar-refractivity contribution in [2.45, 2.75) is 39.3 Å². The number of carbonyl (C=O) groups is 1. The van der Waals surface area contributed by atoms with Gasteiger partial charge in [0, 0.05) is 57.2 Å². The molecule has 34 heavy (non-hydrogen) atoms. The molecule has 1 saturated heterocycles. The second-order valence-corrected chi connectivity index (χ2v) is 9.49. The highest BCUT2D eigenvalue weighted by Gasteiger charge is 2.20. The quantitative estimate of drug-likeness (QED) is 0.505. The number of rotatable bonds is 9. The SMILES string of the molecule is CC(C)n1cc2c(C(=O)NCC3CCOCC3)cc(-c3cccc(CN(C)CCN)c3)nc2n1. The Morgan fingerprint density at radius 1 is 1.29 bits per heavy atom. The largest absolute Gasteiger partial charge is 0.381 e. The van der Waals surface area contributed by atoms with E-state index in [0.29, 0.717) is 30.2 Å². The van der Waals surface area contributed by atoms with E-state index in [0.717, 1.165) is 55.8 Å². The predicted molar refractivity (Wildman–Crippen MR) is 135 cm³/mol. The molecule has 0 atom stereocenters. The Morgan fingerprint density at radius 3 is 2.82 bits per heavy atom. The average molecular weight is 465 g/mol. The number of hydrogen-bond donors (Lipinski definition) is 2. The molecule has 1 aliphatic rings. The number of carbonyl (C=O) groups excluding carboxylic acids is 1. The summed E-state index contributed by atoms with van der Waals surface area (Å²) in [5.74, 6) is 0.373. The molecule has 4 rings (SSSR count). The van der Waals surface area contributed by atoms with Gasteiger partial charge in [0.1, 0.15) is 0 Å². The van der Waals surface area contributed by atoms with Crippen LogP contribution in [0.2, 0.25) is 0 Å². The molecule has 0 saturated carbocycles. The van der Waals surface area contributed by atoms with Gasteiger partial charge in [-0.3, -0.25) is 9.48 Å². The van der Waals surface area contributed by atoms with Crippen molar-refractivity contribution in [3.8, 4) is 11.3 Å². The van der Waals surface area contributed by atoms with E-state index in [9.17, 15) is 4.79 Å². The Bertz CT molecular complexity index is 1120. The van der Waals surface area contributed by atoms with Crippen molar-refractivity contribution in [3.63, 3.8) is 0 Å². The Morgan fingerprint density at radius 2 is 2.09 bits per heavy atom. The molecular formula is C26H36N6O2. The van der Waals surface area contributed by atoms with E-state index in [1.807, 2.05) is 29.1 Å². The molecule has 1 amide bonds. The van der Waals surface area contributed by atoms with E-state index in [1.54, 1.807) is 0 Å². The molecule has 182 valence electrons. The Labute approximate surface area is 201 Å². The van der Waals surface area contributed by atoms with Crippen molar-refractivity contribution < 1.29 is 9.53 Å². The number of pyridine rings is 1. The first kappa shape index (κ1) is 24.3. The number of fused-ring (bicyclic) bond motifs is 1. The molecule has 0 spiro atoms. The molecule has 0 radical (unpaired) electrons. The summed E-state index contributed by atoms with van der Waals surface area (Å²) in [6.07, 6.45) is 3.89. The summed E-state index contributed by atoms with van der Waals surface area (Å²) >= 11 is 0. The normalized spacial score (nSPS) is 14.9. The van der Waals surface area contributed by atoms with Crippen molar-refractivity contribution >= 4 is 16.9 Å². The minimum atomic E-state index is -0.0812. The van der Waals surface area contributed by atoms with Crippen molar-refractivity contribution in [2.24, 2.45) is 11.7 Å². The van der Waals surface area contributed by atoms with Gasteiger partial charge in [0.15, 0.2) is 5.65 Å². The fourth-order valence-corrected chi connectivity index (χ4v) is 4.34. The van der Waals surface area contributed by atoms with Crippen LogP contribution in [-0.4, -0.2) is 65.5 Å². The fourth-order valence-electron chi connectivity index (χ4n) is 4.34. The summed E-state index contributed by atoms with van der Waals surface area (Å²) in [5.41, 5.74) is 9.79. The third-order valence-corrected chi connectivity index (χ3v) is 6.36. The lowest BCUT2D eigenvalue weighted by Gasteiger charge is -2.22. The maximum absolute atomic E-state index is 13.3. The molecule has 0 bridgehead atoms. The van der Waals surface area contributed by atoms with Crippen LogP contribution in [-0.2, 0) is 11.3 Å². The molecule has 8 heteroatoms. The molecule has 1 aliphatic heterocycles. The van der Waals surface area contributed by atoms with Crippen LogP contribution in [0.4, 0.5) is 0 Å². The second-order valence-electron chi connectivity index (χ2n) is 9.49. The molecule has 3 N–H and O–H groups in total. The Balaban J connectivity index is 1.66. The molecule has 0 aliphatic carbocycles. The lowest BCUT2D eigenvalue weighted by atomic mass is 10.00. The molecule has 3 aromatic rings. The van der Waals surface area contributed by atoms with Crippen molar-refractivity contribution in [3.05, 3.63) is 47.7 Å².